The molecule has 0 aromatic carbocycles. The van der Waals surface area contributed by atoms with Crippen LogP contribution in [-0.4, -0.2) is 34.7 Å². The molecule has 154 valence electrons. The lowest BCUT2D eigenvalue weighted by Gasteiger charge is -2.16. The molecule has 0 aliphatic rings. The molecule has 30 heavy (non-hydrogen) atoms. The first-order valence-corrected chi connectivity index (χ1v) is 10.7. The lowest BCUT2D eigenvalue weighted by atomic mass is 10.1. The van der Waals surface area contributed by atoms with Crippen LogP contribution in [0.2, 0.25) is 0 Å². The monoisotopic (exact) mass is 425 g/mol. The van der Waals surface area contributed by atoms with E-state index in [1.54, 1.807) is 6.92 Å². The van der Waals surface area contributed by atoms with E-state index in [9.17, 15) is 13.5 Å². The van der Waals surface area contributed by atoms with Gasteiger partial charge in [-0.25, -0.2) is 13.4 Å². The van der Waals surface area contributed by atoms with Crippen molar-refractivity contribution in [1.82, 2.24) is 15.0 Å². The molecule has 0 atom stereocenters. The van der Waals surface area contributed by atoms with Crippen LogP contribution in [0.1, 0.15) is 22.5 Å². The highest BCUT2D eigenvalue weighted by molar-refractivity contribution is 7.92. The van der Waals surface area contributed by atoms with Crippen LogP contribution in [0.25, 0.3) is 11.3 Å². The van der Waals surface area contributed by atoms with Crippen molar-refractivity contribution in [1.29, 1.82) is 5.26 Å². The number of nitriles is 1. The second kappa shape index (κ2) is 7.96. The van der Waals surface area contributed by atoms with Gasteiger partial charge in [0.1, 0.15) is 23.2 Å². The minimum absolute atomic E-state index is 0.0393. The molecule has 0 aliphatic heterocycles. The zero-order valence-corrected chi connectivity index (χ0v) is 17.6. The molecular weight excluding hydrogens is 406 g/mol. The first-order valence-electron chi connectivity index (χ1n) is 8.77. The quantitative estimate of drug-likeness (QED) is 0.635. The highest BCUT2D eigenvalue weighted by atomic mass is 32.2. The van der Waals surface area contributed by atoms with Crippen molar-refractivity contribution in [2.45, 2.75) is 20.8 Å². The Morgan fingerprint density at radius 3 is 2.50 bits per heavy atom. The van der Waals surface area contributed by atoms with Crippen LogP contribution in [0.4, 0.5) is 5.69 Å². The Morgan fingerprint density at radius 1 is 1.13 bits per heavy atom. The van der Waals surface area contributed by atoms with Crippen molar-refractivity contribution in [3.8, 4) is 34.7 Å². The summed E-state index contributed by atoms with van der Waals surface area (Å²) in [7, 11) is -3.68. The van der Waals surface area contributed by atoms with E-state index in [0.29, 0.717) is 17.0 Å². The minimum atomic E-state index is -3.68. The van der Waals surface area contributed by atoms with E-state index in [0.717, 1.165) is 17.5 Å². The van der Waals surface area contributed by atoms with Crippen LogP contribution in [0.5, 0.6) is 17.4 Å². The van der Waals surface area contributed by atoms with Gasteiger partial charge in [-0.1, -0.05) is 0 Å². The summed E-state index contributed by atoms with van der Waals surface area (Å²) in [5.74, 6) is 0.0403. The summed E-state index contributed by atoms with van der Waals surface area (Å²) in [4.78, 5) is 12.7. The number of aromatic nitrogens is 3. The number of hydrogen-bond donors (Lipinski definition) is 2. The summed E-state index contributed by atoms with van der Waals surface area (Å²) in [6.07, 6.45) is 3.79. The fourth-order valence-corrected chi connectivity index (χ4v) is 3.49. The number of nitrogens with zero attached hydrogens (tertiary/aromatic N) is 4. The van der Waals surface area contributed by atoms with Gasteiger partial charge < -0.3 is 9.84 Å². The van der Waals surface area contributed by atoms with Crippen molar-refractivity contribution in [3.05, 3.63) is 53.1 Å². The first-order chi connectivity index (χ1) is 14.1. The van der Waals surface area contributed by atoms with Gasteiger partial charge in [0, 0.05) is 29.7 Å². The van der Waals surface area contributed by atoms with Crippen molar-refractivity contribution in [2.75, 3.05) is 11.0 Å². The summed E-state index contributed by atoms with van der Waals surface area (Å²) in [6.45, 7) is 5.45. The molecule has 0 aliphatic carbocycles. The molecule has 0 radical (unpaired) electrons. The molecule has 0 unspecified atom stereocenters. The maximum Gasteiger partial charge on any atom is 0.244 e. The average Bonchev–Trinajstić information content (AvgIpc) is 2.64. The third-order valence-electron chi connectivity index (χ3n) is 4.06. The molecule has 0 amide bonds. The predicted molar refractivity (Wildman–Crippen MR) is 111 cm³/mol. The topological polar surface area (TPSA) is 138 Å². The average molecular weight is 425 g/mol. The molecule has 0 saturated carbocycles. The van der Waals surface area contributed by atoms with Crippen molar-refractivity contribution in [2.24, 2.45) is 0 Å². The number of aryl methyl sites for hydroxylation is 3. The fraction of sp³-hybridized carbons (Fsp3) is 0.200. The Kier molecular flexibility index (Phi) is 5.58. The Bertz CT molecular complexity index is 1260. The summed E-state index contributed by atoms with van der Waals surface area (Å²) >= 11 is 0. The molecule has 3 aromatic heterocycles. The van der Waals surface area contributed by atoms with Gasteiger partial charge in [-0.3, -0.25) is 14.7 Å². The van der Waals surface area contributed by atoms with Crippen molar-refractivity contribution >= 4 is 15.7 Å². The van der Waals surface area contributed by atoms with Gasteiger partial charge in [0.2, 0.25) is 15.9 Å². The second-order valence-corrected chi connectivity index (χ2v) is 8.50. The zero-order chi connectivity index (χ0) is 22.1. The van der Waals surface area contributed by atoms with Gasteiger partial charge in [0.15, 0.2) is 5.75 Å². The second-order valence-electron chi connectivity index (χ2n) is 6.75. The van der Waals surface area contributed by atoms with Crippen molar-refractivity contribution in [3.63, 3.8) is 0 Å². The van der Waals surface area contributed by atoms with Crippen LogP contribution in [0.15, 0.2) is 30.6 Å². The van der Waals surface area contributed by atoms with E-state index >= 15 is 0 Å². The highest BCUT2D eigenvalue weighted by Crippen LogP contribution is 2.38. The molecule has 2 N–H and O–H groups in total. The van der Waals surface area contributed by atoms with Gasteiger partial charge in [0.25, 0.3) is 0 Å². The smallest absolute Gasteiger partial charge is 0.244 e. The van der Waals surface area contributed by atoms with Crippen LogP contribution in [0.3, 0.4) is 0 Å². The molecule has 10 heteroatoms. The van der Waals surface area contributed by atoms with E-state index < -0.39 is 10.0 Å². The molecule has 0 spiro atoms. The van der Waals surface area contributed by atoms with E-state index in [2.05, 4.69) is 19.7 Å². The van der Waals surface area contributed by atoms with Crippen LogP contribution in [0, 0.1) is 32.1 Å². The standard InChI is InChI=1S/C20H19N5O4S/c1-11-5-12(2)23-13(3)19(11)29-20-16(25-30(4,27)28)7-17(26)18(24-20)15-6-14(8-21)9-22-10-15/h5-7,9-10,25-26H,1-4H3. The molecule has 0 bridgehead atoms. The summed E-state index contributed by atoms with van der Waals surface area (Å²) in [5, 5.41) is 19.6. The number of pyridine rings is 3. The molecule has 0 saturated heterocycles. The van der Waals surface area contributed by atoms with Gasteiger partial charge in [-0.2, -0.15) is 5.26 Å². The SMILES string of the molecule is Cc1cc(C)c(Oc2nc(-c3cncc(C#N)c3)c(O)cc2NS(C)(=O)=O)c(C)n1. The van der Waals surface area contributed by atoms with Crippen LogP contribution >= 0.6 is 0 Å². The molecule has 3 heterocycles. The number of anilines is 1. The number of nitrogens with one attached hydrogen (secondary N) is 1. The Balaban J connectivity index is 2.19. The minimum Gasteiger partial charge on any atom is -0.506 e. The third-order valence-corrected chi connectivity index (χ3v) is 4.65. The predicted octanol–water partition coefficient (Wildman–Crippen LogP) is 3.20. The summed E-state index contributed by atoms with van der Waals surface area (Å²) in [5.41, 5.74) is 2.90. The van der Waals surface area contributed by atoms with E-state index in [1.807, 2.05) is 26.0 Å². The van der Waals surface area contributed by atoms with Gasteiger partial charge in [0.05, 0.1) is 17.5 Å². The van der Waals surface area contributed by atoms with Crippen LogP contribution < -0.4 is 9.46 Å². The van der Waals surface area contributed by atoms with E-state index in [-0.39, 0.29) is 28.6 Å². The fourth-order valence-electron chi connectivity index (χ4n) is 2.94. The number of aromatic hydroxyl groups is 1. The van der Waals surface area contributed by atoms with Gasteiger partial charge in [-0.05, 0) is 38.5 Å². The molecule has 3 aromatic rings. The Hall–Kier alpha value is -3.71. The van der Waals surface area contributed by atoms with Crippen LogP contribution in [-0.2, 0) is 10.0 Å². The first kappa shape index (κ1) is 21.0. The van der Waals surface area contributed by atoms with Gasteiger partial charge >= 0.3 is 0 Å². The summed E-state index contributed by atoms with van der Waals surface area (Å²) < 4.78 is 31.8. The lowest BCUT2D eigenvalue weighted by molar-refractivity contribution is 0.445. The number of hydrogen-bond acceptors (Lipinski definition) is 8. The maximum atomic E-state index is 11.8. The normalized spacial score (nSPS) is 11.0. The van der Waals surface area contributed by atoms with E-state index in [4.69, 9.17) is 10.00 Å². The largest absolute Gasteiger partial charge is 0.506 e. The van der Waals surface area contributed by atoms with Gasteiger partial charge in [-0.15, -0.1) is 0 Å². The molecule has 3 rings (SSSR count). The van der Waals surface area contributed by atoms with E-state index in [1.165, 1.54) is 24.5 Å². The molecule has 0 fully saturated rings. The lowest BCUT2D eigenvalue weighted by Crippen LogP contribution is -2.11. The number of ether oxygens (including phenoxy) is 1. The Morgan fingerprint density at radius 2 is 1.87 bits per heavy atom. The third kappa shape index (κ3) is 4.64. The number of sulfonamides is 1. The Labute approximate surface area is 174 Å². The highest BCUT2D eigenvalue weighted by Gasteiger charge is 2.19. The molecule has 9 nitrogen and oxygen atoms in total. The zero-order valence-electron chi connectivity index (χ0n) is 16.8. The maximum absolute atomic E-state index is 11.8. The number of rotatable bonds is 5. The summed E-state index contributed by atoms with van der Waals surface area (Å²) in [6, 6.07) is 6.50. The van der Waals surface area contributed by atoms with Crippen molar-refractivity contribution < 1.29 is 18.3 Å². The molecular formula is C20H19N5O4S.